The van der Waals surface area contributed by atoms with Gasteiger partial charge in [-0.05, 0) is 130 Å². The van der Waals surface area contributed by atoms with Crippen molar-refractivity contribution in [2.24, 2.45) is 0 Å². The summed E-state index contributed by atoms with van der Waals surface area (Å²) < 4.78 is 71.4. The maximum absolute atomic E-state index is 14.6. The largest absolute Gasteiger partial charge is 0.457 e. The number of amides is 6. The highest BCUT2D eigenvalue weighted by molar-refractivity contribution is 6.21. The number of nitrogens with one attached hydrogen (secondary N) is 6. The van der Waals surface area contributed by atoms with Gasteiger partial charge in [0.2, 0.25) is 0 Å². The van der Waals surface area contributed by atoms with Gasteiger partial charge in [0.25, 0.3) is 5.91 Å². The minimum atomic E-state index is -1.74. The Hall–Kier alpha value is -5.64. The quantitative estimate of drug-likeness (QED) is 0.0536. The standard InChI is InChI=1S/C54H91ClN6O21/c1-20-34-40(72-28(3)63)37(61-49(70)82-54(17,18)19)41(73-29(4)64)44(75-34)77-38-32(58-42(65)35(71-27(2)62)23-24-56-45(66)78-50(5,6)7)25-33(60-48(69)81-53(14,15)16)39(36(38)55)76-43-31(59-47(68)80-52(11,12)13)22-21-30(74-43)26-57-46(67)79-51(8,9)10/h30-41,43-44H,20-26H2,1-19H3,(H,56,66)(H,57,67)(H,58,65)(H,59,68)(H,60,69)(H,61,70)/t30?,31?,32-,33+,34?,35+,36?,37+,38+,39?,40+,41?,43-,44-/m1/s1. The van der Waals surface area contributed by atoms with Gasteiger partial charge in [-0.1, -0.05) is 6.92 Å². The van der Waals surface area contributed by atoms with Crippen molar-refractivity contribution in [3.8, 4) is 0 Å². The molecule has 2 saturated heterocycles. The SMILES string of the molecule is CCC1O[C@H](O[C@@H]2C(Cl)C(O[C@H]3OC(CNC(=O)OC(C)(C)C)CCC3NC(=O)OC(C)(C)C)[C@@H](NC(=O)OC(C)(C)C)C[C@H]2NC(=O)[C@H](CCNC(=O)OC(C)(C)C)OC(C)=O)C(OC(C)=O)[C@@H](NC(=O)OC(C)(C)C)[C@H]1OC(C)=O. The summed E-state index contributed by atoms with van der Waals surface area (Å²) in [6, 6.07) is -5.03. The molecule has 1 saturated carbocycles. The monoisotopic (exact) mass is 1190 g/mol. The van der Waals surface area contributed by atoms with Crippen molar-refractivity contribution in [1.82, 2.24) is 31.9 Å². The Bertz CT molecular complexity index is 2210. The van der Waals surface area contributed by atoms with Gasteiger partial charge in [-0.25, -0.2) is 24.0 Å². The van der Waals surface area contributed by atoms with Crippen LogP contribution < -0.4 is 31.9 Å². The third kappa shape index (κ3) is 25.5. The van der Waals surface area contributed by atoms with Gasteiger partial charge in [0.15, 0.2) is 30.9 Å². The molecule has 0 bridgehead atoms. The lowest BCUT2D eigenvalue weighted by Crippen LogP contribution is -2.70. The Morgan fingerprint density at radius 1 is 0.512 bits per heavy atom. The molecule has 0 aromatic carbocycles. The van der Waals surface area contributed by atoms with E-state index in [9.17, 15) is 43.2 Å². The lowest BCUT2D eigenvalue weighted by molar-refractivity contribution is -0.301. The number of esters is 3. The highest BCUT2D eigenvalue weighted by Gasteiger charge is 2.56. The molecule has 27 nitrogen and oxygen atoms in total. The van der Waals surface area contributed by atoms with Crippen LogP contribution in [0.25, 0.3) is 0 Å². The van der Waals surface area contributed by atoms with Crippen LogP contribution in [0.15, 0.2) is 0 Å². The van der Waals surface area contributed by atoms with Gasteiger partial charge in [-0.15, -0.1) is 11.6 Å². The summed E-state index contributed by atoms with van der Waals surface area (Å²) in [6.07, 6.45) is -17.0. The molecule has 3 aliphatic rings. The zero-order valence-corrected chi connectivity index (χ0v) is 51.7. The average Bonchev–Trinajstić information content (AvgIpc) is 3.27. The Morgan fingerprint density at radius 2 is 0.951 bits per heavy atom. The third-order valence-corrected chi connectivity index (χ3v) is 12.1. The second-order valence-corrected chi connectivity index (χ2v) is 25.7. The molecule has 0 aromatic heterocycles. The summed E-state index contributed by atoms with van der Waals surface area (Å²) in [5, 5.41) is 14.8. The predicted octanol–water partition coefficient (Wildman–Crippen LogP) is 5.81. The molecule has 0 radical (unpaired) electrons. The molecular formula is C54H91ClN6O21. The fourth-order valence-electron chi connectivity index (χ4n) is 8.77. The predicted molar refractivity (Wildman–Crippen MR) is 292 cm³/mol. The van der Waals surface area contributed by atoms with E-state index in [1.165, 1.54) is 0 Å². The van der Waals surface area contributed by atoms with Crippen molar-refractivity contribution in [3.05, 3.63) is 0 Å². The molecule has 1 aliphatic carbocycles. The maximum Gasteiger partial charge on any atom is 0.408 e. The van der Waals surface area contributed by atoms with Crippen molar-refractivity contribution in [2.75, 3.05) is 13.1 Å². The van der Waals surface area contributed by atoms with Crippen molar-refractivity contribution in [3.63, 3.8) is 0 Å². The molecule has 6 unspecified atom stereocenters. The number of alkyl halides is 1. The Kier molecular flexibility index (Phi) is 25.6. The number of hydrogen-bond acceptors (Lipinski definition) is 21. The molecular weight excluding hydrogens is 1100 g/mol. The van der Waals surface area contributed by atoms with E-state index in [0.29, 0.717) is 0 Å². The van der Waals surface area contributed by atoms with E-state index in [1.54, 1.807) is 111 Å². The molecule has 28 heteroatoms. The van der Waals surface area contributed by atoms with Crippen LogP contribution in [0, 0.1) is 0 Å². The molecule has 6 N–H and O–H groups in total. The van der Waals surface area contributed by atoms with E-state index >= 15 is 0 Å². The molecule has 470 valence electrons. The van der Waals surface area contributed by atoms with Crippen LogP contribution in [0.1, 0.15) is 164 Å². The van der Waals surface area contributed by atoms with Gasteiger partial charge in [-0.3, -0.25) is 19.2 Å². The Balaban J connectivity index is 2.31. The first-order valence-corrected chi connectivity index (χ1v) is 28.0. The van der Waals surface area contributed by atoms with E-state index in [0.717, 1.165) is 20.8 Å². The number of rotatable bonds is 18. The zero-order chi connectivity index (χ0) is 62.5. The van der Waals surface area contributed by atoms with Crippen molar-refractivity contribution < 1.29 is 100.0 Å². The number of ether oxygens (including phenoxy) is 12. The fourth-order valence-corrected chi connectivity index (χ4v) is 9.24. The lowest BCUT2D eigenvalue weighted by atomic mass is 9.84. The van der Waals surface area contributed by atoms with Crippen LogP contribution in [-0.4, -0.2) is 180 Å². The smallest absolute Gasteiger partial charge is 0.408 e. The van der Waals surface area contributed by atoms with Gasteiger partial charge >= 0.3 is 48.4 Å². The van der Waals surface area contributed by atoms with Gasteiger partial charge in [0, 0.05) is 40.3 Å². The molecule has 3 rings (SSSR count). The van der Waals surface area contributed by atoms with Crippen molar-refractivity contribution in [2.45, 2.75) is 277 Å². The number of carbonyl (C=O) groups is 9. The van der Waals surface area contributed by atoms with E-state index in [-0.39, 0.29) is 45.2 Å². The fraction of sp³-hybridized carbons (Fsp3) is 0.833. The first kappa shape index (κ1) is 70.6. The highest BCUT2D eigenvalue weighted by Crippen LogP contribution is 2.37. The van der Waals surface area contributed by atoms with E-state index in [2.05, 4.69) is 31.9 Å². The number of carbonyl (C=O) groups excluding carboxylic acids is 9. The Labute approximate surface area is 485 Å². The lowest BCUT2D eigenvalue weighted by Gasteiger charge is -2.50. The van der Waals surface area contributed by atoms with E-state index in [1.807, 2.05) is 0 Å². The van der Waals surface area contributed by atoms with Crippen molar-refractivity contribution >= 4 is 65.9 Å². The third-order valence-electron chi connectivity index (χ3n) is 11.6. The summed E-state index contributed by atoms with van der Waals surface area (Å²) >= 11 is 7.66. The van der Waals surface area contributed by atoms with E-state index < -0.39 is 167 Å². The summed E-state index contributed by atoms with van der Waals surface area (Å²) in [6.45, 7) is 29.5. The van der Waals surface area contributed by atoms with E-state index in [4.69, 9.17) is 68.4 Å². The Morgan fingerprint density at radius 3 is 1.43 bits per heavy atom. The van der Waals surface area contributed by atoms with Crippen molar-refractivity contribution in [1.29, 1.82) is 0 Å². The minimum absolute atomic E-state index is 0.0822. The van der Waals surface area contributed by atoms with Crippen LogP contribution in [0.2, 0.25) is 0 Å². The highest BCUT2D eigenvalue weighted by atomic mass is 35.5. The molecule has 0 spiro atoms. The summed E-state index contributed by atoms with van der Waals surface area (Å²) in [5.41, 5.74) is -4.70. The zero-order valence-electron chi connectivity index (χ0n) is 51.0. The first-order valence-electron chi connectivity index (χ1n) is 27.5. The van der Waals surface area contributed by atoms with Gasteiger partial charge in [0.05, 0.1) is 35.7 Å². The topological polar surface area (TPSA) is 337 Å². The van der Waals surface area contributed by atoms with Crippen LogP contribution in [0.5, 0.6) is 0 Å². The molecule has 6 amide bonds. The number of alkyl carbamates (subject to hydrolysis) is 5. The molecule has 2 aliphatic heterocycles. The molecule has 14 atom stereocenters. The number of halogens is 1. The molecule has 82 heavy (non-hydrogen) atoms. The van der Waals surface area contributed by atoms with Gasteiger partial charge < -0.3 is 88.7 Å². The second kappa shape index (κ2) is 29.7. The summed E-state index contributed by atoms with van der Waals surface area (Å²) in [4.78, 5) is 119. The maximum atomic E-state index is 14.6. The molecule has 0 aromatic rings. The normalized spacial score (nSPS) is 27.3. The van der Waals surface area contributed by atoms with Crippen LogP contribution >= 0.6 is 11.6 Å². The van der Waals surface area contributed by atoms with Gasteiger partial charge in [0.1, 0.15) is 46.3 Å². The minimum Gasteiger partial charge on any atom is -0.457 e. The van der Waals surface area contributed by atoms with Crippen LogP contribution in [0.3, 0.4) is 0 Å². The number of hydrogen-bond donors (Lipinski definition) is 6. The van der Waals surface area contributed by atoms with Crippen LogP contribution in [-0.2, 0) is 76.0 Å². The average molecular weight is 1200 g/mol. The summed E-state index contributed by atoms with van der Waals surface area (Å²) in [5.74, 6) is -3.46. The molecule has 2 heterocycles. The summed E-state index contributed by atoms with van der Waals surface area (Å²) in [7, 11) is 0. The van der Waals surface area contributed by atoms with Gasteiger partial charge in [-0.2, -0.15) is 0 Å². The van der Waals surface area contributed by atoms with Crippen LogP contribution in [0.4, 0.5) is 24.0 Å². The first-order chi connectivity index (χ1) is 37.5. The molecule has 3 fully saturated rings. The second-order valence-electron chi connectivity index (χ2n) is 25.2.